The topological polar surface area (TPSA) is 64.1 Å². The molecule has 3 aromatic rings. The number of halogens is 1. The van der Waals surface area contributed by atoms with E-state index in [1.54, 1.807) is 48.7 Å². The van der Waals surface area contributed by atoms with Crippen LogP contribution in [0, 0.1) is 17.7 Å². The minimum Gasteiger partial charge on any atom is -0.478 e. The van der Waals surface area contributed by atoms with Crippen LogP contribution < -0.4 is 10.1 Å². The Bertz CT molecular complexity index is 1070. The van der Waals surface area contributed by atoms with Gasteiger partial charge in [0.2, 0.25) is 0 Å². The molecule has 0 bridgehead atoms. The number of nitrogens with zero attached hydrogens (tertiary/aromatic N) is 2. The first kappa shape index (κ1) is 21.3. The van der Waals surface area contributed by atoms with Crippen molar-refractivity contribution in [3.63, 3.8) is 0 Å². The van der Waals surface area contributed by atoms with Gasteiger partial charge in [0.1, 0.15) is 12.3 Å². The van der Waals surface area contributed by atoms with Crippen LogP contribution in [0.2, 0.25) is 0 Å². The number of hydrogen-bond acceptors (Lipinski definition) is 4. The Hall–Kier alpha value is -3.46. The largest absolute Gasteiger partial charge is 0.478 e. The molecule has 0 aliphatic carbocycles. The zero-order chi connectivity index (χ0) is 21.2. The van der Waals surface area contributed by atoms with Crippen molar-refractivity contribution in [1.29, 1.82) is 0 Å². The van der Waals surface area contributed by atoms with E-state index in [1.807, 2.05) is 0 Å². The number of rotatable bonds is 8. The standard InChI is InChI=1S/C24H24FN3O2/c1-2-3-4-5-6-7-16-30-22-12-8-10-18(23(22)25)17-27-24(29)21-14-13-19-20(28-21)11-9-15-26-19/h8-15H,2-5,16-17H2,1H3,(H,27,29). The van der Waals surface area contributed by atoms with Gasteiger partial charge in [-0.1, -0.05) is 43.7 Å². The van der Waals surface area contributed by atoms with Crippen LogP contribution >= 0.6 is 0 Å². The van der Waals surface area contributed by atoms with E-state index in [1.165, 1.54) is 0 Å². The maximum atomic E-state index is 14.7. The van der Waals surface area contributed by atoms with Gasteiger partial charge >= 0.3 is 0 Å². The second-order valence-electron chi connectivity index (χ2n) is 6.75. The van der Waals surface area contributed by atoms with E-state index in [0.717, 1.165) is 25.7 Å². The van der Waals surface area contributed by atoms with Gasteiger partial charge in [0.05, 0.1) is 11.0 Å². The summed E-state index contributed by atoms with van der Waals surface area (Å²) in [7, 11) is 0. The summed E-state index contributed by atoms with van der Waals surface area (Å²) < 4.78 is 20.1. The summed E-state index contributed by atoms with van der Waals surface area (Å²) >= 11 is 0. The monoisotopic (exact) mass is 405 g/mol. The van der Waals surface area contributed by atoms with Crippen molar-refractivity contribution in [2.75, 3.05) is 6.61 Å². The van der Waals surface area contributed by atoms with Crippen LogP contribution in [-0.2, 0) is 6.54 Å². The molecular formula is C24H24FN3O2. The van der Waals surface area contributed by atoms with Crippen molar-refractivity contribution >= 4 is 16.9 Å². The van der Waals surface area contributed by atoms with Gasteiger partial charge in [0.25, 0.3) is 5.91 Å². The van der Waals surface area contributed by atoms with E-state index < -0.39 is 5.82 Å². The maximum Gasteiger partial charge on any atom is 0.270 e. The molecule has 3 rings (SSSR count). The normalized spacial score (nSPS) is 10.3. The van der Waals surface area contributed by atoms with Crippen LogP contribution in [0.3, 0.4) is 0 Å². The molecule has 30 heavy (non-hydrogen) atoms. The van der Waals surface area contributed by atoms with Crippen LogP contribution in [0.4, 0.5) is 4.39 Å². The van der Waals surface area contributed by atoms with Gasteiger partial charge in [-0.2, -0.15) is 0 Å². The molecule has 0 radical (unpaired) electrons. The molecule has 5 nitrogen and oxygen atoms in total. The fourth-order valence-electron chi connectivity index (χ4n) is 2.87. The number of fused-ring (bicyclic) bond motifs is 1. The van der Waals surface area contributed by atoms with E-state index in [9.17, 15) is 9.18 Å². The molecule has 0 aliphatic heterocycles. The Balaban J connectivity index is 1.57. The summed E-state index contributed by atoms with van der Waals surface area (Å²) in [5, 5.41) is 2.70. The summed E-state index contributed by atoms with van der Waals surface area (Å²) in [6.45, 7) is 2.30. The maximum absolute atomic E-state index is 14.7. The highest BCUT2D eigenvalue weighted by Crippen LogP contribution is 2.20. The first-order valence-corrected chi connectivity index (χ1v) is 10.0. The Kier molecular flexibility index (Phi) is 7.73. The molecule has 6 heteroatoms. The third-order valence-corrected chi connectivity index (χ3v) is 4.50. The second-order valence-corrected chi connectivity index (χ2v) is 6.75. The minimum absolute atomic E-state index is 0.0251. The van der Waals surface area contributed by atoms with Crippen molar-refractivity contribution in [2.45, 2.75) is 39.2 Å². The lowest BCUT2D eigenvalue weighted by Crippen LogP contribution is -2.24. The zero-order valence-corrected chi connectivity index (χ0v) is 17.0. The van der Waals surface area contributed by atoms with Crippen molar-refractivity contribution < 1.29 is 13.9 Å². The third kappa shape index (κ3) is 5.77. The third-order valence-electron chi connectivity index (χ3n) is 4.50. The van der Waals surface area contributed by atoms with Crippen LogP contribution in [0.15, 0.2) is 48.7 Å². The summed E-state index contributed by atoms with van der Waals surface area (Å²) in [5.41, 5.74) is 1.92. The number of benzene rings is 1. The zero-order valence-electron chi connectivity index (χ0n) is 17.0. The molecule has 1 N–H and O–H groups in total. The number of pyridine rings is 2. The number of nitrogens with one attached hydrogen (secondary N) is 1. The quantitative estimate of drug-likeness (QED) is 0.437. The van der Waals surface area contributed by atoms with Gasteiger partial charge < -0.3 is 10.1 Å². The number of carbonyl (C=O) groups is 1. The fraction of sp³-hybridized carbons (Fsp3) is 0.292. The first-order chi connectivity index (χ1) is 14.7. The van der Waals surface area contributed by atoms with Crippen LogP contribution in [0.5, 0.6) is 5.75 Å². The van der Waals surface area contributed by atoms with Gasteiger partial charge in [-0.05, 0) is 36.8 Å². The molecule has 2 heterocycles. The Morgan fingerprint density at radius 3 is 2.87 bits per heavy atom. The molecule has 0 unspecified atom stereocenters. The number of unbranched alkanes of at least 4 members (excludes halogenated alkanes) is 3. The average Bonchev–Trinajstić information content (AvgIpc) is 2.78. The summed E-state index contributed by atoms with van der Waals surface area (Å²) in [6, 6.07) is 11.7. The van der Waals surface area contributed by atoms with E-state index in [0.29, 0.717) is 16.6 Å². The highest BCUT2D eigenvalue weighted by atomic mass is 19.1. The molecule has 2 aromatic heterocycles. The van der Waals surface area contributed by atoms with Crippen LogP contribution in [-0.4, -0.2) is 22.5 Å². The molecule has 0 spiro atoms. The predicted molar refractivity (Wildman–Crippen MR) is 115 cm³/mol. The fourth-order valence-corrected chi connectivity index (χ4v) is 2.87. The number of amides is 1. The molecule has 1 aromatic carbocycles. The van der Waals surface area contributed by atoms with Crippen molar-refractivity contribution in [2.24, 2.45) is 0 Å². The highest BCUT2D eigenvalue weighted by Gasteiger charge is 2.12. The predicted octanol–water partition coefficient (Wildman–Crippen LogP) is 4.66. The van der Waals surface area contributed by atoms with Gasteiger partial charge in [0, 0.05) is 24.7 Å². The summed E-state index contributed by atoms with van der Waals surface area (Å²) in [5.74, 6) is 5.17. The van der Waals surface area contributed by atoms with E-state index >= 15 is 0 Å². The molecule has 1 amide bonds. The molecule has 0 fully saturated rings. The number of aromatic nitrogens is 2. The van der Waals surface area contributed by atoms with Gasteiger partial charge in [-0.3, -0.25) is 9.78 Å². The van der Waals surface area contributed by atoms with E-state index in [4.69, 9.17) is 4.74 Å². The van der Waals surface area contributed by atoms with Gasteiger partial charge in [-0.15, -0.1) is 0 Å². The van der Waals surface area contributed by atoms with Crippen molar-refractivity contribution in [1.82, 2.24) is 15.3 Å². The molecule has 0 atom stereocenters. The first-order valence-electron chi connectivity index (χ1n) is 10.0. The van der Waals surface area contributed by atoms with E-state index in [-0.39, 0.29) is 30.5 Å². The Morgan fingerprint density at radius 2 is 2.00 bits per heavy atom. The SMILES string of the molecule is CCCCCC#CCOc1cccc(CNC(=O)c2ccc3ncccc3n2)c1F. The number of ether oxygens (including phenoxy) is 1. The highest BCUT2D eigenvalue weighted by molar-refractivity contribution is 5.94. The minimum atomic E-state index is -0.499. The molecule has 154 valence electrons. The van der Waals surface area contributed by atoms with Gasteiger partial charge in [-0.25, -0.2) is 9.37 Å². The molecule has 0 saturated carbocycles. The lowest BCUT2D eigenvalue weighted by atomic mass is 10.2. The Labute approximate surface area is 175 Å². The van der Waals surface area contributed by atoms with Crippen molar-refractivity contribution in [3.05, 3.63) is 65.7 Å². The lowest BCUT2D eigenvalue weighted by molar-refractivity contribution is 0.0946. The number of hydrogen-bond donors (Lipinski definition) is 1. The van der Waals surface area contributed by atoms with Gasteiger partial charge in [0.15, 0.2) is 11.6 Å². The summed E-state index contributed by atoms with van der Waals surface area (Å²) in [4.78, 5) is 20.9. The lowest BCUT2D eigenvalue weighted by Gasteiger charge is -2.10. The summed E-state index contributed by atoms with van der Waals surface area (Å²) in [6.07, 6.45) is 5.87. The van der Waals surface area contributed by atoms with E-state index in [2.05, 4.69) is 34.0 Å². The molecule has 0 saturated heterocycles. The average molecular weight is 405 g/mol. The molecular weight excluding hydrogens is 381 g/mol. The van der Waals surface area contributed by atoms with Crippen molar-refractivity contribution in [3.8, 4) is 17.6 Å². The molecule has 0 aliphatic rings. The Morgan fingerprint density at radius 1 is 1.10 bits per heavy atom. The number of carbonyl (C=O) groups excluding carboxylic acids is 1. The van der Waals surface area contributed by atoms with Crippen LogP contribution in [0.25, 0.3) is 11.0 Å². The smallest absolute Gasteiger partial charge is 0.270 e. The second kappa shape index (κ2) is 10.9. The van der Waals surface area contributed by atoms with Crippen LogP contribution in [0.1, 0.15) is 48.7 Å².